The van der Waals surface area contributed by atoms with Gasteiger partial charge in [-0.2, -0.15) is 0 Å². The molecule has 0 fully saturated rings. The summed E-state index contributed by atoms with van der Waals surface area (Å²) in [4.78, 5) is 4.67. The molecule has 2 heteroatoms. The van der Waals surface area contributed by atoms with E-state index in [0.29, 0.717) is 5.89 Å². The summed E-state index contributed by atoms with van der Waals surface area (Å²) >= 11 is 0. The van der Waals surface area contributed by atoms with Gasteiger partial charge in [0.05, 0.1) is 0 Å². The van der Waals surface area contributed by atoms with Gasteiger partial charge in [0.2, 0.25) is 5.89 Å². The summed E-state index contributed by atoms with van der Waals surface area (Å²) in [6.45, 7) is 8.35. The minimum absolute atomic E-state index is 0.701. The van der Waals surface area contributed by atoms with E-state index in [9.17, 15) is 0 Å². The number of hydrogen-bond donors (Lipinski definition) is 0. The van der Waals surface area contributed by atoms with E-state index in [1.165, 1.54) is 16.7 Å². The molecule has 0 saturated heterocycles. The van der Waals surface area contributed by atoms with E-state index < -0.39 is 0 Å². The first-order valence-corrected chi connectivity index (χ1v) is 6.50. The maximum atomic E-state index is 5.95. The van der Waals surface area contributed by atoms with Gasteiger partial charge < -0.3 is 4.42 Å². The third-order valence-corrected chi connectivity index (χ3v) is 3.66. The molecule has 19 heavy (non-hydrogen) atoms. The maximum Gasteiger partial charge on any atom is 0.227 e. The Kier molecular flexibility index (Phi) is 2.67. The first-order chi connectivity index (χ1) is 9.06. The van der Waals surface area contributed by atoms with Crippen LogP contribution in [0.25, 0.3) is 22.6 Å². The minimum atomic E-state index is 0.701. The van der Waals surface area contributed by atoms with E-state index in [4.69, 9.17) is 4.42 Å². The Bertz CT molecular complexity index is 751. The van der Waals surface area contributed by atoms with Gasteiger partial charge >= 0.3 is 0 Å². The van der Waals surface area contributed by atoms with E-state index in [1.807, 2.05) is 0 Å². The van der Waals surface area contributed by atoms with Crippen LogP contribution in [0.2, 0.25) is 0 Å². The summed E-state index contributed by atoms with van der Waals surface area (Å²) < 4.78 is 5.95. The maximum absolute atomic E-state index is 5.95. The number of hydrogen-bond acceptors (Lipinski definition) is 2. The first kappa shape index (κ1) is 12.0. The van der Waals surface area contributed by atoms with Crippen molar-refractivity contribution in [2.75, 3.05) is 0 Å². The molecule has 0 atom stereocenters. The Labute approximate surface area is 113 Å². The SMILES string of the molecule is Cc1ccc(-c2nc3c(C)c(C)cc(C)c3o2)cc1. The minimum Gasteiger partial charge on any atom is -0.436 e. The molecule has 1 heterocycles. The largest absolute Gasteiger partial charge is 0.436 e. The average molecular weight is 251 g/mol. The van der Waals surface area contributed by atoms with E-state index in [1.54, 1.807) is 0 Å². The molecular formula is C17H17NO. The Hall–Kier alpha value is -2.09. The molecule has 96 valence electrons. The monoisotopic (exact) mass is 251 g/mol. The first-order valence-electron chi connectivity index (χ1n) is 6.50. The van der Waals surface area contributed by atoms with Crippen LogP contribution in [0.5, 0.6) is 0 Å². The van der Waals surface area contributed by atoms with E-state index in [-0.39, 0.29) is 0 Å². The highest BCUT2D eigenvalue weighted by molar-refractivity contribution is 5.83. The lowest BCUT2D eigenvalue weighted by Crippen LogP contribution is -1.85. The average Bonchev–Trinajstić information content (AvgIpc) is 2.83. The summed E-state index contributed by atoms with van der Waals surface area (Å²) in [6, 6.07) is 10.4. The Morgan fingerprint density at radius 2 is 1.58 bits per heavy atom. The molecule has 3 rings (SSSR count). The van der Waals surface area contributed by atoms with Gasteiger partial charge in [0.1, 0.15) is 5.52 Å². The molecule has 0 amide bonds. The summed E-state index contributed by atoms with van der Waals surface area (Å²) in [7, 11) is 0. The van der Waals surface area contributed by atoms with Gasteiger partial charge in [0, 0.05) is 5.56 Å². The third kappa shape index (κ3) is 1.93. The number of benzene rings is 2. The van der Waals surface area contributed by atoms with Gasteiger partial charge in [-0.15, -0.1) is 0 Å². The van der Waals surface area contributed by atoms with Crippen molar-refractivity contribution in [3.8, 4) is 11.5 Å². The van der Waals surface area contributed by atoms with E-state index in [2.05, 4.69) is 63.0 Å². The topological polar surface area (TPSA) is 26.0 Å². The van der Waals surface area contributed by atoms with Crippen molar-refractivity contribution in [3.63, 3.8) is 0 Å². The van der Waals surface area contributed by atoms with Gasteiger partial charge in [-0.25, -0.2) is 4.98 Å². The highest BCUT2D eigenvalue weighted by Gasteiger charge is 2.13. The molecule has 0 N–H and O–H groups in total. The molecule has 0 aliphatic rings. The fraction of sp³-hybridized carbons (Fsp3) is 0.235. The second kappa shape index (κ2) is 4.23. The molecular weight excluding hydrogens is 234 g/mol. The molecule has 1 aromatic heterocycles. The molecule has 0 unspecified atom stereocenters. The van der Waals surface area contributed by atoms with Crippen molar-refractivity contribution in [3.05, 3.63) is 52.6 Å². The highest BCUT2D eigenvalue weighted by atomic mass is 16.3. The van der Waals surface area contributed by atoms with E-state index in [0.717, 1.165) is 22.2 Å². The Balaban J connectivity index is 2.24. The molecule has 0 radical (unpaired) electrons. The lowest BCUT2D eigenvalue weighted by molar-refractivity contribution is 0.617. The van der Waals surface area contributed by atoms with Gasteiger partial charge in [0.15, 0.2) is 5.58 Å². The van der Waals surface area contributed by atoms with Crippen LogP contribution in [0, 0.1) is 27.7 Å². The van der Waals surface area contributed by atoms with Gasteiger partial charge in [-0.1, -0.05) is 23.8 Å². The molecule has 0 spiro atoms. The van der Waals surface area contributed by atoms with Gasteiger partial charge in [-0.05, 0) is 56.5 Å². The van der Waals surface area contributed by atoms with Crippen molar-refractivity contribution in [1.82, 2.24) is 4.98 Å². The number of aryl methyl sites for hydroxylation is 4. The van der Waals surface area contributed by atoms with Crippen LogP contribution in [-0.2, 0) is 0 Å². The number of rotatable bonds is 1. The molecule has 0 aliphatic carbocycles. The summed E-state index contributed by atoms with van der Waals surface area (Å²) in [6.07, 6.45) is 0. The number of aromatic nitrogens is 1. The fourth-order valence-corrected chi connectivity index (χ4v) is 2.35. The summed E-state index contributed by atoms with van der Waals surface area (Å²) in [5, 5.41) is 0. The number of nitrogens with zero attached hydrogens (tertiary/aromatic N) is 1. The molecule has 0 saturated carbocycles. The third-order valence-electron chi connectivity index (χ3n) is 3.66. The molecule has 0 aliphatic heterocycles. The quantitative estimate of drug-likeness (QED) is 0.625. The number of oxazole rings is 1. The van der Waals surface area contributed by atoms with Crippen molar-refractivity contribution in [1.29, 1.82) is 0 Å². The number of fused-ring (bicyclic) bond motifs is 1. The van der Waals surface area contributed by atoms with Crippen LogP contribution in [-0.4, -0.2) is 4.98 Å². The molecule has 0 bridgehead atoms. The standard InChI is InChI=1S/C17H17NO/c1-10-5-7-14(8-6-10)17-18-15-13(4)11(2)9-12(3)16(15)19-17/h5-9H,1-4H3. The lowest BCUT2D eigenvalue weighted by atomic mass is 10.1. The lowest BCUT2D eigenvalue weighted by Gasteiger charge is -2.01. The Morgan fingerprint density at radius 1 is 0.895 bits per heavy atom. The van der Waals surface area contributed by atoms with Crippen LogP contribution in [0.3, 0.4) is 0 Å². The summed E-state index contributed by atoms with van der Waals surface area (Å²) in [5.41, 5.74) is 7.74. The second-order valence-electron chi connectivity index (χ2n) is 5.20. The van der Waals surface area contributed by atoms with Crippen LogP contribution < -0.4 is 0 Å². The summed E-state index contributed by atoms with van der Waals surface area (Å²) in [5.74, 6) is 0.701. The zero-order chi connectivity index (χ0) is 13.6. The predicted molar refractivity (Wildman–Crippen MR) is 78.4 cm³/mol. The van der Waals surface area contributed by atoms with Crippen molar-refractivity contribution < 1.29 is 4.42 Å². The zero-order valence-corrected chi connectivity index (χ0v) is 11.7. The van der Waals surface area contributed by atoms with Crippen LogP contribution in [0.15, 0.2) is 34.7 Å². The highest BCUT2D eigenvalue weighted by Crippen LogP contribution is 2.30. The van der Waals surface area contributed by atoms with Crippen LogP contribution >= 0.6 is 0 Å². The van der Waals surface area contributed by atoms with Gasteiger partial charge in [-0.3, -0.25) is 0 Å². The van der Waals surface area contributed by atoms with E-state index >= 15 is 0 Å². The van der Waals surface area contributed by atoms with Crippen molar-refractivity contribution in [2.24, 2.45) is 0 Å². The van der Waals surface area contributed by atoms with Crippen LogP contribution in [0.1, 0.15) is 22.3 Å². The molecule has 2 nitrogen and oxygen atoms in total. The molecule has 2 aromatic carbocycles. The Morgan fingerprint density at radius 3 is 2.26 bits per heavy atom. The zero-order valence-electron chi connectivity index (χ0n) is 11.7. The van der Waals surface area contributed by atoms with Crippen molar-refractivity contribution >= 4 is 11.1 Å². The van der Waals surface area contributed by atoms with Gasteiger partial charge in [0.25, 0.3) is 0 Å². The second-order valence-corrected chi connectivity index (χ2v) is 5.20. The smallest absolute Gasteiger partial charge is 0.227 e. The molecule has 3 aromatic rings. The predicted octanol–water partition coefficient (Wildman–Crippen LogP) is 4.73. The fourth-order valence-electron chi connectivity index (χ4n) is 2.35. The van der Waals surface area contributed by atoms with Crippen LogP contribution in [0.4, 0.5) is 0 Å². The normalized spacial score (nSPS) is 11.2. The van der Waals surface area contributed by atoms with Crippen molar-refractivity contribution in [2.45, 2.75) is 27.7 Å².